The van der Waals surface area contributed by atoms with Crippen molar-refractivity contribution in [1.29, 1.82) is 0 Å². The Hall–Kier alpha value is 0.660. The van der Waals surface area contributed by atoms with Crippen molar-refractivity contribution < 1.29 is 22.4 Å². The first kappa shape index (κ1) is 16.3. The van der Waals surface area contributed by atoms with Crippen LogP contribution in [-0.4, -0.2) is 27.2 Å². The molecule has 3 heteroatoms. The van der Waals surface area contributed by atoms with E-state index in [-0.39, 0.29) is 22.4 Å². The zero-order valence-corrected chi connectivity index (χ0v) is 8.95. The maximum absolute atomic E-state index is 3.74. The van der Waals surface area contributed by atoms with E-state index in [1.807, 2.05) is 13.8 Å². The summed E-state index contributed by atoms with van der Waals surface area (Å²) in [5, 5.41) is 7.47. The van der Waals surface area contributed by atoms with Crippen LogP contribution in [0.1, 0.15) is 13.8 Å². The Labute approximate surface area is 74.3 Å². The molecule has 0 saturated carbocycles. The van der Waals surface area contributed by atoms with Crippen LogP contribution in [0.4, 0.5) is 0 Å². The van der Waals surface area contributed by atoms with Crippen LogP contribution in [0.2, 0.25) is 0 Å². The molecular weight excluding hydrogens is 193 g/mol. The molecule has 0 aliphatic carbocycles. The number of hydrogen-bond donors (Lipinski definition) is 0. The van der Waals surface area contributed by atoms with Gasteiger partial charge in [-0.1, -0.05) is 13.8 Å². The van der Waals surface area contributed by atoms with Crippen LogP contribution >= 0.6 is 0 Å². The summed E-state index contributed by atoms with van der Waals surface area (Å²) in [6.45, 7) is 5.92. The van der Waals surface area contributed by atoms with E-state index >= 15 is 0 Å². The Morgan fingerprint density at radius 3 is 1.00 bits per heavy atom. The second kappa shape index (κ2) is 23.4. The molecule has 0 saturated heterocycles. The summed E-state index contributed by atoms with van der Waals surface area (Å²) in [6, 6.07) is 0. The summed E-state index contributed by atoms with van der Waals surface area (Å²) in [6.07, 6.45) is 0. The first-order chi connectivity index (χ1) is 3.83. The molecule has 0 N–H and O–H groups in total. The molecule has 9 heavy (non-hydrogen) atoms. The van der Waals surface area contributed by atoms with Crippen LogP contribution in [-0.2, 0) is 22.4 Å². The summed E-state index contributed by atoms with van der Waals surface area (Å²) >= 11 is 0. The fourth-order valence-corrected chi connectivity index (χ4v) is 0. The van der Waals surface area contributed by atoms with E-state index in [9.17, 15) is 0 Å². The minimum Gasteiger partial charge on any atom is -0.665 e. The van der Waals surface area contributed by atoms with E-state index in [1.165, 1.54) is 0 Å². The first-order valence-corrected chi connectivity index (χ1v) is 2.94. The minimum atomic E-state index is 0. The summed E-state index contributed by atoms with van der Waals surface area (Å²) in [4.78, 5) is 0. The van der Waals surface area contributed by atoms with Crippen LogP contribution in [0.3, 0.4) is 0 Å². The van der Waals surface area contributed by atoms with Crippen molar-refractivity contribution in [1.82, 2.24) is 0 Å². The van der Waals surface area contributed by atoms with Gasteiger partial charge in [-0.25, -0.2) is 0 Å². The predicted octanol–water partition coefficient (Wildman–Crippen LogP) is 2.02. The molecule has 2 nitrogen and oxygen atoms in total. The molecule has 0 aromatic rings. The van der Waals surface area contributed by atoms with Gasteiger partial charge in [-0.3, -0.25) is 0 Å². The van der Waals surface area contributed by atoms with Crippen molar-refractivity contribution in [2.75, 3.05) is 27.2 Å². The zero-order chi connectivity index (χ0) is 6.83. The largest absolute Gasteiger partial charge is 2.00 e. The Kier molecular flexibility index (Phi) is 42.5. The molecule has 0 fully saturated rings. The average Bonchev–Trinajstić information content (AvgIpc) is 1.88. The fourth-order valence-electron chi connectivity index (χ4n) is 0. The van der Waals surface area contributed by atoms with Gasteiger partial charge in [0, 0.05) is 0 Å². The maximum atomic E-state index is 3.74. The Morgan fingerprint density at radius 1 is 0.889 bits per heavy atom. The number of hydrogen-bond acceptors (Lipinski definition) is 0. The summed E-state index contributed by atoms with van der Waals surface area (Å²) in [5.41, 5.74) is 0. The van der Waals surface area contributed by atoms with Crippen molar-refractivity contribution in [3.05, 3.63) is 10.6 Å². The monoisotopic (exact) mass is 209 g/mol. The zero-order valence-electron chi connectivity index (χ0n) is 6.76. The van der Waals surface area contributed by atoms with E-state index in [1.54, 1.807) is 14.1 Å². The van der Waals surface area contributed by atoms with Gasteiger partial charge in [0.1, 0.15) is 0 Å². The molecule has 0 unspecified atom stereocenters. The molecule has 0 rings (SSSR count). The molecular formula is C6H16N2Nb. The molecule has 0 atom stereocenters. The van der Waals surface area contributed by atoms with Crippen LogP contribution in [0.15, 0.2) is 0 Å². The van der Waals surface area contributed by atoms with Crippen molar-refractivity contribution >= 4 is 0 Å². The fraction of sp³-hybridized carbons (Fsp3) is 1.00. The van der Waals surface area contributed by atoms with E-state index in [0.29, 0.717) is 0 Å². The quantitative estimate of drug-likeness (QED) is 0.622. The summed E-state index contributed by atoms with van der Waals surface area (Å²) < 4.78 is 0. The Morgan fingerprint density at radius 2 is 1.00 bits per heavy atom. The second-order valence-electron chi connectivity index (χ2n) is 1.26. The van der Waals surface area contributed by atoms with E-state index in [2.05, 4.69) is 10.6 Å². The van der Waals surface area contributed by atoms with Crippen LogP contribution in [0.25, 0.3) is 10.6 Å². The van der Waals surface area contributed by atoms with Crippen molar-refractivity contribution in [3.8, 4) is 0 Å². The van der Waals surface area contributed by atoms with E-state index < -0.39 is 0 Å². The third kappa shape index (κ3) is 54.3. The van der Waals surface area contributed by atoms with Gasteiger partial charge in [-0.15, -0.1) is 0 Å². The number of nitrogens with zero attached hydrogens (tertiary/aromatic N) is 2. The normalized spacial score (nSPS) is 6.67. The van der Waals surface area contributed by atoms with Crippen LogP contribution in [0.5, 0.6) is 0 Å². The smallest absolute Gasteiger partial charge is 0.665 e. The van der Waals surface area contributed by atoms with Gasteiger partial charge in [0.2, 0.25) is 0 Å². The Balaban J connectivity index is -0.0000000720. The molecule has 0 spiro atoms. The molecule has 0 aromatic heterocycles. The van der Waals surface area contributed by atoms with Gasteiger partial charge in [0.25, 0.3) is 0 Å². The molecule has 1 radical (unpaired) electrons. The van der Waals surface area contributed by atoms with Gasteiger partial charge >= 0.3 is 22.4 Å². The van der Waals surface area contributed by atoms with Gasteiger partial charge in [0.15, 0.2) is 0 Å². The van der Waals surface area contributed by atoms with Gasteiger partial charge in [0.05, 0.1) is 0 Å². The second-order valence-corrected chi connectivity index (χ2v) is 1.26. The minimum absolute atomic E-state index is 0. The van der Waals surface area contributed by atoms with Crippen molar-refractivity contribution in [2.24, 2.45) is 0 Å². The van der Waals surface area contributed by atoms with Gasteiger partial charge in [-0.2, -0.15) is 27.2 Å². The molecule has 0 heterocycles. The first-order valence-electron chi connectivity index (χ1n) is 2.94. The molecule has 0 bridgehead atoms. The number of rotatable bonds is 2. The van der Waals surface area contributed by atoms with Gasteiger partial charge < -0.3 is 10.6 Å². The molecule has 0 aromatic carbocycles. The summed E-state index contributed by atoms with van der Waals surface area (Å²) in [5.74, 6) is 0. The SMILES string of the molecule is CC[N-]C.CC[N-]C.[Nb+2]. The molecule has 0 aliphatic rings. The standard InChI is InChI=1S/2C3H8N.Nb/c2*1-3-4-2;/h2*3H2,1-2H3;/q2*-1;+2. The van der Waals surface area contributed by atoms with E-state index in [0.717, 1.165) is 13.1 Å². The Bertz CT molecular complexity index is 19.0. The molecule has 0 amide bonds. The van der Waals surface area contributed by atoms with Crippen molar-refractivity contribution in [3.63, 3.8) is 0 Å². The third-order valence-corrected chi connectivity index (χ3v) is 0.632. The predicted molar refractivity (Wildman–Crippen MR) is 39.6 cm³/mol. The van der Waals surface area contributed by atoms with E-state index in [4.69, 9.17) is 0 Å². The van der Waals surface area contributed by atoms with Gasteiger partial charge in [-0.05, 0) is 0 Å². The molecule has 55 valence electrons. The average molecular weight is 209 g/mol. The topological polar surface area (TPSA) is 28.2 Å². The van der Waals surface area contributed by atoms with Crippen molar-refractivity contribution in [2.45, 2.75) is 13.8 Å². The summed E-state index contributed by atoms with van der Waals surface area (Å²) in [7, 11) is 3.61. The third-order valence-electron chi connectivity index (χ3n) is 0.632. The van der Waals surface area contributed by atoms with Crippen LogP contribution in [0, 0.1) is 0 Å². The molecule has 0 aliphatic heterocycles. The van der Waals surface area contributed by atoms with Crippen LogP contribution < -0.4 is 0 Å². The maximum Gasteiger partial charge on any atom is 2.00 e.